The number of hydrogen-bond acceptors (Lipinski definition) is 0. The Kier molecular flexibility index (Phi) is 21.1. The molecule has 0 atom stereocenters. The minimum atomic E-state index is 1.27. The van der Waals surface area contributed by atoms with E-state index in [-0.39, 0.29) is 0 Å². The molecule has 0 aliphatic rings. The molecule has 80 heavy (non-hydrogen) atoms. The van der Waals surface area contributed by atoms with E-state index in [2.05, 4.69) is 344 Å². The molecule has 410 valence electrons. The van der Waals surface area contributed by atoms with Crippen molar-refractivity contribution in [2.45, 2.75) is 104 Å². The minimum absolute atomic E-state index is 1.27. The highest BCUT2D eigenvalue weighted by atomic mass is 15.0. The summed E-state index contributed by atoms with van der Waals surface area (Å²) in [6, 6.07) is 58.3. The summed E-state index contributed by atoms with van der Waals surface area (Å²) in [5, 5.41) is 0. The maximum atomic E-state index is 2.25. The SMILES string of the molecule is Cc1cc(C)[n+](C)c(-c2ccccc2C)c1.Cc1cc(C)[n+](C)c(-c2ccccc2C)c1.Cc1ccc(-c2ccc(C)c[n+]2C)c(C)c1.Cc1ccccc1-c1c(C)c(C)cc[n+]1C.Cc1ccccc1-c1c(C)c(C)cc[n+]1C. The van der Waals surface area contributed by atoms with Gasteiger partial charge in [0.15, 0.2) is 30.0 Å². The van der Waals surface area contributed by atoms with Gasteiger partial charge in [-0.2, -0.15) is 9.13 Å². The summed E-state index contributed by atoms with van der Waals surface area (Å²) >= 11 is 0. The number of aromatic nitrogens is 5. The molecule has 0 aliphatic carbocycles. The summed E-state index contributed by atoms with van der Waals surface area (Å²) in [6.07, 6.45) is 6.42. The molecule has 0 saturated heterocycles. The van der Waals surface area contributed by atoms with E-state index >= 15 is 0 Å². The Bertz CT molecular complexity index is 3540. The second-order valence-electron chi connectivity index (χ2n) is 22.2. The van der Waals surface area contributed by atoms with Crippen LogP contribution >= 0.6 is 0 Å². The van der Waals surface area contributed by atoms with E-state index in [4.69, 9.17) is 0 Å². The first-order chi connectivity index (χ1) is 38.0. The molecular weight excluding hydrogens is 971 g/mol. The third-order valence-corrected chi connectivity index (χ3v) is 15.7. The highest BCUT2D eigenvalue weighted by Crippen LogP contribution is 2.27. The number of hydrogen-bond donors (Lipinski definition) is 0. The van der Waals surface area contributed by atoms with Crippen LogP contribution in [0.15, 0.2) is 182 Å². The van der Waals surface area contributed by atoms with Crippen LogP contribution in [0.1, 0.15) is 83.7 Å². The molecular formula is C75H90N5+5. The fourth-order valence-electron chi connectivity index (χ4n) is 10.5. The lowest BCUT2D eigenvalue weighted by Crippen LogP contribution is -2.34. The molecule has 5 aromatic carbocycles. The monoisotopic (exact) mass is 1060 g/mol. The molecule has 0 spiro atoms. The number of rotatable bonds is 5. The van der Waals surface area contributed by atoms with E-state index in [1.807, 2.05) is 0 Å². The molecule has 0 N–H and O–H groups in total. The van der Waals surface area contributed by atoms with Gasteiger partial charge >= 0.3 is 0 Å². The van der Waals surface area contributed by atoms with Gasteiger partial charge in [-0.3, -0.25) is 0 Å². The van der Waals surface area contributed by atoms with Crippen LogP contribution < -0.4 is 22.8 Å². The second kappa shape index (κ2) is 27.6. The normalized spacial score (nSPS) is 10.5. The number of aryl methyl sites for hydroxylation is 16. The van der Waals surface area contributed by atoms with Gasteiger partial charge in [0.25, 0.3) is 0 Å². The van der Waals surface area contributed by atoms with Crippen LogP contribution in [-0.2, 0) is 35.2 Å². The van der Waals surface area contributed by atoms with Crippen molar-refractivity contribution in [3.05, 3.63) is 266 Å². The number of nitrogens with zero attached hydrogens (tertiary/aromatic N) is 5. The second-order valence-corrected chi connectivity index (χ2v) is 22.2. The van der Waals surface area contributed by atoms with Gasteiger partial charge in [0.05, 0.1) is 0 Å². The van der Waals surface area contributed by atoms with E-state index in [0.717, 1.165) is 0 Å². The van der Waals surface area contributed by atoms with Crippen LogP contribution in [0.25, 0.3) is 56.3 Å². The van der Waals surface area contributed by atoms with Crippen molar-refractivity contribution in [1.82, 2.24) is 0 Å². The predicted octanol–water partition coefficient (Wildman–Crippen LogP) is 15.5. The summed E-state index contributed by atoms with van der Waals surface area (Å²) in [4.78, 5) is 0. The average Bonchev–Trinajstić information content (AvgIpc) is 3.48. The van der Waals surface area contributed by atoms with Crippen LogP contribution in [0, 0.1) is 104 Å². The molecule has 10 rings (SSSR count). The molecule has 0 amide bonds. The van der Waals surface area contributed by atoms with Crippen molar-refractivity contribution in [2.24, 2.45) is 35.2 Å². The fourth-order valence-corrected chi connectivity index (χ4v) is 10.5. The molecule has 5 nitrogen and oxygen atoms in total. The van der Waals surface area contributed by atoms with Crippen LogP contribution in [0.2, 0.25) is 0 Å². The van der Waals surface area contributed by atoms with Gasteiger partial charge in [-0.15, -0.1) is 0 Å². The lowest BCUT2D eigenvalue weighted by atomic mass is 9.99. The van der Waals surface area contributed by atoms with Crippen LogP contribution in [0.4, 0.5) is 0 Å². The van der Waals surface area contributed by atoms with Gasteiger partial charge in [0.2, 0.25) is 28.5 Å². The summed E-state index contributed by atoms with van der Waals surface area (Å²) < 4.78 is 11.1. The Morgan fingerprint density at radius 3 is 0.963 bits per heavy atom. The summed E-state index contributed by atoms with van der Waals surface area (Å²) in [6.45, 7) is 32.4. The lowest BCUT2D eigenvalue weighted by Gasteiger charge is -2.08. The van der Waals surface area contributed by atoms with Crippen molar-refractivity contribution < 1.29 is 22.8 Å². The molecule has 10 aromatic rings. The van der Waals surface area contributed by atoms with Crippen molar-refractivity contribution in [1.29, 1.82) is 0 Å². The van der Waals surface area contributed by atoms with E-state index in [1.54, 1.807) is 0 Å². The van der Waals surface area contributed by atoms with E-state index in [9.17, 15) is 0 Å². The first-order valence-electron chi connectivity index (χ1n) is 28.1. The number of pyridine rings is 5. The first-order valence-corrected chi connectivity index (χ1v) is 28.1. The number of benzene rings is 5. The highest BCUT2D eigenvalue weighted by molar-refractivity contribution is 5.67. The zero-order valence-electron chi connectivity index (χ0n) is 52.1. The first kappa shape index (κ1) is 61.1. The highest BCUT2D eigenvalue weighted by Gasteiger charge is 2.20. The average molecular weight is 1060 g/mol. The van der Waals surface area contributed by atoms with Gasteiger partial charge in [0.1, 0.15) is 35.2 Å². The van der Waals surface area contributed by atoms with Crippen LogP contribution in [0.3, 0.4) is 0 Å². The molecule has 0 saturated carbocycles. The maximum absolute atomic E-state index is 2.25. The van der Waals surface area contributed by atoms with Gasteiger partial charge < -0.3 is 0 Å². The van der Waals surface area contributed by atoms with Crippen molar-refractivity contribution in [3.63, 3.8) is 0 Å². The smallest absolute Gasteiger partial charge is 0.201 e. The van der Waals surface area contributed by atoms with Gasteiger partial charge in [0, 0.05) is 101 Å². The Hall–Kier alpha value is -8.15. The van der Waals surface area contributed by atoms with Gasteiger partial charge in [-0.25, -0.2) is 13.7 Å². The Labute approximate surface area is 481 Å². The molecule has 0 aliphatic heterocycles. The third kappa shape index (κ3) is 15.1. The quantitative estimate of drug-likeness (QED) is 0.153. The molecule has 5 heterocycles. The predicted molar refractivity (Wildman–Crippen MR) is 336 cm³/mol. The molecule has 0 fully saturated rings. The summed E-state index contributed by atoms with van der Waals surface area (Å²) in [5.74, 6) is 0. The van der Waals surface area contributed by atoms with Crippen LogP contribution in [-0.4, -0.2) is 0 Å². The molecule has 5 heteroatoms. The van der Waals surface area contributed by atoms with E-state index in [0.29, 0.717) is 0 Å². The van der Waals surface area contributed by atoms with Crippen molar-refractivity contribution in [2.75, 3.05) is 0 Å². The molecule has 0 bridgehead atoms. The Balaban J connectivity index is 0.000000161. The topological polar surface area (TPSA) is 19.4 Å². The van der Waals surface area contributed by atoms with E-state index in [1.165, 1.54) is 140 Å². The van der Waals surface area contributed by atoms with E-state index < -0.39 is 0 Å². The lowest BCUT2D eigenvalue weighted by molar-refractivity contribution is -0.666. The molecule has 0 radical (unpaired) electrons. The van der Waals surface area contributed by atoms with Gasteiger partial charge in [-0.05, 0) is 176 Å². The Morgan fingerprint density at radius 2 is 0.600 bits per heavy atom. The van der Waals surface area contributed by atoms with Crippen LogP contribution in [0.5, 0.6) is 0 Å². The van der Waals surface area contributed by atoms with Gasteiger partial charge in [-0.1, -0.05) is 90.5 Å². The minimum Gasteiger partial charge on any atom is -0.201 e. The molecule has 5 aromatic heterocycles. The third-order valence-electron chi connectivity index (χ3n) is 15.7. The summed E-state index contributed by atoms with van der Waals surface area (Å²) in [7, 11) is 10.6. The zero-order chi connectivity index (χ0) is 58.5. The zero-order valence-corrected chi connectivity index (χ0v) is 52.1. The largest absolute Gasteiger partial charge is 0.215 e. The maximum Gasteiger partial charge on any atom is 0.215 e. The summed E-state index contributed by atoms with van der Waals surface area (Å²) in [5.41, 5.74) is 32.9. The molecule has 0 unspecified atom stereocenters. The van der Waals surface area contributed by atoms with Crippen molar-refractivity contribution >= 4 is 0 Å². The fraction of sp³-hybridized carbons (Fsp3) is 0.267. The Morgan fingerprint density at radius 1 is 0.250 bits per heavy atom. The standard InChI is InChI=1S/5C15H18N/c1-11-5-7-14(13(3)9-11)15-8-6-12(2)10-16(15)4;2*1-11-9-13(3)16(4)15(10-11)14-8-6-5-7-12(14)2;2*1-11-9-10-16(4)15(13(11)3)14-8-6-5-7-12(14)2/h5*5-10H,1-4H3/q5*+1. The van der Waals surface area contributed by atoms with Crippen molar-refractivity contribution in [3.8, 4) is 56.3 Å².